The van der Waals surface area contributed by atoms with Gasteiger partial charge in [-0.15, -0.1) is 0 Å². The van der Waals surface area contributed by atoms with Crippen LogP contribution in [0.5, 0.6) is 0 Å². The summed E-state index contributed by atoms with van der Waals surface area (Å²) in [5.41, 5.74) is 8.20. The summed E-state index contributed by atoms with van der Waals surface area (Å²) in [6, 6.07) is 5.13. The summed E-state index contributed by atoms with van der Waals surface area (Å²) in [5.74, 6) is -0.777. The number of imide groups is 1. The second kappa shape index (κ2) is 7.76. The summed E-state index contributed by atoms with van der Waals surface area (Å²) >= 11 is 0. The number of benzene rings is 1. The van der Waals surface area contributed by atoms with Crippen LogP contribution in [0.4, 0.5) is 0 Å². The fourth-order valence-corrected chi connectivity index (χ4v) is 3.43. The van der Waals surface area contributed by atoms with Crippen molar-refractivity contribution in [2.75, 3.05) is 13.1 Å². The molecule has 1 unspecified atom stereocenters. The highest BCUT2D eigenvalue weighted by Gasteiger charge is 2.39. The van der Waals surface area contributed by atoms with E-state index in [2.05, 4.69) is 10.6 Å². The summed E-state index contributed by atoms with van der Waals surface area (Å²) in [6.07, 6.45) is 2.66. The van der Waals surface area contributed by atoms with E-state index in [0.29, 0.717) is 31.6 Å². The number of carbonyl (C=O) groups is 3. The van der Waals surface area contributed by atoms with E-state index in [4.69, 9.17) is 5.73 Å². The van der Waals surface area contributed by atoms with Gasteiger partial charge in [-0.25, -0.2) is 0 Å². The molecule has 4 N–H and O–H groups in total. The van der Waals surface area contributed by atoms with Crippen LogP contribution in [0, 0.1) is 0 Å². The maximum atomic E-state index is 12.7. The Morgan fingerprint density at radius 3 is 2.84 bits per heavy atom. The largest absolute Gasteiger partial charge is 0.330 e. The van der Waals surface area contributed by atoms with Crippen molar-refractivity contribution in [3.8, 4) is 0 Å². The first-order chi connectivity index (χ1) is 12.1. The van der Waals surface area contributed by atoms with Crippen molar-refractivity contribution in [2.45, 2.75) is 44.8 Å². The first-order valence-electron chi connectivity index (χ1n) is 8.78. The van der Waals surface area contributed by atoms with Gasteiger partial charge in [-0.1, -0.05) is 12.1 Å². The molecule has 2 heterocycles. The van der Waals surface area contributed by atoms with Crippen LogP contribution in [0.3, 0.4) is 0 Å². The summed E-state index contributed by atoms with van der Waals surface area (Å²) in [5, 5.41) is 5.71. The minimum absolute atomic E-state index is 0.130. The molecule has 2 aliphatic heterocycles. The highest BCUT2D eigenvalue weighted by atomic mass is 16.2. The number of piperidine rings is 1. The Bertz CT molecular complexity index is 689. The zero-order valence-corrected chi connectivity index (χ0v) is 14.2. The first-order valence-corrected chi connectivity index (χ1v) is 8.78. The van der Waals surface area contributed by atoms with Crippen LogP contribution >= 0.6 is 0 Å². The highest BCUT2D eigenvalue weighted by molar-refractivity contribution is 6.05. The number of fused-ring (bicyclic) bond motifs is 1. The van der Waals surface area contributed by atoms with Gasteiger partial charge in [-0.05, 0) is 49.5 Å². The van der Waals surface area contributed by atoms with Gasteiger partial charge >= 0.3 is 0 Å². The number of rotatable bonds is 7. The summed E-state index contributed by atoms with van der Waals surface area (Å²) in [7, 11) is 0. The van der Waals surface area contributed by atoms with Crippen LogP contribution in [-0.2, 0) is 22.7 Å². The molecule has 1 aromatic rings. The quantitative estimate of drug-likeness (QED) is 0.487. The Morgan fingerprint density at radius 1 is 1.24 bits per heavy atom. The third-order valence-corrected chi connectivity index (χ3v) is 4.80. The van der Waals surface area contributed by atoms with E-state index in [0.717, 1.165) is 30.5 Å². The van der Waals surface area contributed by atoms with Crippen LogP contribution in [0.1, 0.15) is 47.2 Å². The minimum atomic E-state index is -0.567. The molecule has 0 spiro atoms. The van der Waals surface area contributed by atoms with E-state index < -0.39 is 6.04 Å². The molecule has 1 aromatic carbocycles. The van der Waals surface area contributed by atoms with Crippen molar-refractivity contribution in [1.29, 1.82) is 0 Å². The Morgan fingerprint density at radius 2 is 2.08 bits per heavy atom. The minimum Gasteiger partial charge on any atom is -0.330 e. The van der Waals surface area contributed by atoms with Crippen LogP contribution in [0.15, 0.2) is 18.2 Å². The van der Waals surface area contributed by atoms with E-state index >= 15 is 0 Å². The molecule has 1 fully saturated rings. The number of amides is 3. The summed E-state index contributed by atoms with van der Waals surface area (Å²) in [4.78, 5) is 37.7. The number of carbonyl (C=O) groups excluding carboxylic acids is 3. The van der Waals surface area contributed by atoms with Crippen LogP contribution in [-0.4, -0.2) is 41.8 Å². The third kappa shape index (κ3) is 3.72. The number of hydrogen-bond donors (Lipinski definition) is 3. The van der Waals surface area contributed by atoms with Gasteiger partial charge in [0.05, 0.1) is 0 Å². The molecule has 1 atom stereocenters. The van der Waals surface area contributed by atoms with Gasteiger partial charge in [0.15, 0.2) is 0 Å². The molecule has 0 bridgehead atoms. The van der Waals surface area contributed by atoms with Crippen molar-refractivity contribution in [3.05, 3.63) is 34.9 Å². The Kier molecular flexibility index (Phi) is 5.45. The number of nitrogens with one attached hydrogen (secondary N) is 2. The van der Waals surface area contributed by atoms with Gasteiger partial charge in [-0.3, -0.25) is 19.7 Å². The monoisotopic (exact) mass is 344 g/mol. The lowest BCUT2D eigenvalue weighted by molar-refractivity contribution is -0.136. The predicted molar refractivity (Wildman–Crippen MR) is 92.5 cm³/mol. The lowest BCUT2D eigenvalue weighted by Crippen LogP contribution is -2.52. The average molecular weight is 344 g/mol. The molecular weight excluding hydrogens is 320 g/mol. The third-order valence-electron chi connectivity index (χ3n) is 4.80. The normalized spacial score (nSPS) is 20.0. The Labute approximate surface area is 146 Å². The van der Waals surface area contributed by atoms with E-state index in [1.54, 1.807) is 4.90 Å². The molecule has 0 radical (unpaired) electrons. The highest BCUT2D eigenvalue weighted by Crippen LogP contribution is 2.29. The predicted octanol–water partition coefficient (Wildman–Crippen LogP) is 0.276. The SMILES string of the molecule is NCCCCNCc1cccc2c1CN(C1CCC(=O)NC1=O)C2=O. The van der Waals surface area contributed by atoms with E-state index in [-0.39, 0.29) is 24.1 Å². The van der Waals surface area contributed by atoms with Gasteiger partial charge in [0.2, 0.25) is 11.8 Å². The fourth-order valence-electron chi connectivity index (χ4n) is 3.43. The van der Waals surface area contributed by atoms with Crippen molar-refractivity contribution in [1.82, 2.24) is 15.5 Å². The lowest BCUT2D eigenvalue weighted by atomic mass is 10.0. The smallest absolute Gasteiger partial charge is 0.255 e. The molecule has 0 aliphatic carbocycles. The topological polar surface area (TPSA) is 105 Å². The molecule has 0 saturated carbocycles. The van der Waals surface area contributed by atoms with Crippen LogP contribution < -0.4 is 16.4 Å². The van der Waals surface area contributed by atoms with E-state index in [1.165, 1.54) is 0 Å². The molecule has 25 heavy (non-hydrogen) atoms. The first kappa shape index (κ1) is 17.6. The standard InChI is InChI=1S/C18H24N4O3/c19-8-1-2-9-20-10-12-4-3-5-13-14(12)11-22(18(13)25)15-6-7-16(23)21-17(15)24/h3-5,15,20H,1-2,6-11,19H2,(H,21,23,24). The number of unbranched alkanes of at least 4 members (excludes halogenated alkanes) is 1. The second-order valence-corrected chi connectivity index (χ2v) is 6.52. The summed E-state index contributed by atoms with van der Waals surface area (Å²) < 4.78 is 0. The fraction of sp³-hybridized carbons (Fsp3) is 0.500. The van der Waals surface area contributed by atoms with Gasteiger partial charge in [0.25, 0.3) is 5.91 Å². The molecule has 134 valence electrons. The van der Waals surface area contributed by atoms with Gasteiger partial charge in [0, 0.05) is 25.1 Å². The van der Waals surface area contributed by atoms with Crippen molar-refractivity contribution < 1.29 is 14.4 Å². The maximum absolute atomic E-state index is 12.7. The van der Waals surface area contributed by atoms with Gasteiger partial charge in [-0.2, -0.15) is 0 Å². The molecule has 7 heteroatoms. The number of nitrogens with two attached hydrogens (primary N) is 1. The number of hydrogen-bond acceptors (Lipinski definition) is 5. The second-order valence-electron chi connectivity index (χ2n) is 6.52. The van der Waals surface area contributed by atoms with E-state index in [1.807, 2.05) is 18.2 Å². The lowest BCUT2D eigenvalue weighted by Gasteiger charge is -2.29. The molecule has 7 nitrogen and oxygen atoms in total. The number of nitrogens with zero attached hydrogens (tertiary/aromatic N) is 1. The zero-order valence-electron chi connectivity index (χ0n) is 14.2. The molecular formula is C18H24N4O3. The van der Waals surface area contributed by atoms with Gasteiger partial charge in [0.1, 0.15) is 6.04 Å². The maximum Gasteiger partial charge on any atom is 0.255 e. The van der Waals surface area contributed by atoms with Crippen LogP contribution in [0.25, 0.3) is 0 Å². The van der Waals surface area contributed by atoms with Crippen molar-refractivity contribution in [2.24, 2.45) is 5.73 Å². The molecule has 3 rings (SSSR count). The summed E-state index contributed by atoms with van der Waals surface area (Å²) in [6.45, 7) is 2.68. The van der Waals surface area contributed by atoms with E-state index in [9.17, 15) is 14.4 Å². The van der Waals surface area contributed by atoms with Crippen molar-refractivity contribution >= 4 is 17.7 Å². The van der Waals surface area contributed by atoms with Gasteiger partial charge < -0.3 is 16.0 Å². The molecule has 2 aliphatic rings. The Hall–Kier alpha value is -2.25. The van der Waals surface area contributed by atoms with Crippen molar-refractivity contribution in [3.63, 3.8) is 0 Å². The average Bonchev–Trinajstić information content (AvgIpc) is 2.92. The van der Waals surface area contributed by atoms with Crippen LogP contribution in [0.2, 0.25) is 0 Å². The Balaban J connectivity index is 1.69. The zero-order chi connectivity index (χ0) is 17.8. The molecule has 3 amide bonds. The molecule has 1 saturated heterocycles. The molecule has 0 aromatic heterocycles.